The van der Waals surface area contributed by atoms with E-state index in [1.807, 2.05) is 18.2 Å². The summed E-state index contributed by atoms with van der Waals surface area (Å²) in [4.78, 5) is 3.97. The number of hydrogen-bond donors (Lipinski definition) is 1. The van der Waals surface area contributed by atoms with Crippen molar-refractivity contribution in [2.24, 2.45) is 0 Å². The second-order valence-corrected chi connectivity index (χ2v) is 4.35. The lowest BCUT2D eigenvalue weighted by molar-refractivity contribution is 0.171. The Morgan fingerprint density at radius 3 is 2.89 bits per heavy atom. The van der Waals surface area contributed by atoms with Crippen molar-refractivity contribution in [2.75, 3.05) is 13.2 Å². The van der Waals surface area contributed by atoms with Gasteiger partial charge in [-0.15, -0.1) is 0 Å². The summed E-state index contributed by atoms with van der Waals surface area (Å²) in [6.07, 6.45) is 1.33. The fraction of sp³-hybridized carbons (Fsp3) is 0.385. The molecule has 1 atom stereocenters. The molecule has 6 heteroatoms. The summed E-state index contributed by atoms with van der Waals surface area (Å²) in [5.41, 5.74) is 1.13. The maximum atomic E-state index is 5.57. The molecule has 0 saturated heterocycles. The topological polar surface area (TPSA) is 69.4 Å². The van der Waals surface area contributed by atoms with Gasteiger partial charge in [-0.1, -0.05) is 11.2 Å². The van der Waals surface area contributed by atoms with E-state index in [9.17, 15) is 0 Å². The lowest BCUT2D eigenvalue weighted by atomic mass is 10.1. The highest BCUT2D eigenvalue weighted by atomic mass is 16.6. The summed E-state index contributed by atoms with van der Waals surface area (Å²) < 4.78 is 15.8. The van der Waals surface area contributed by atoms with E-state index in [2.05, 4.69) is 26.9 Å². The maximum Gasteiger partial charge on any atom is 0.213 e. The lowest BCUT2D eigenvalue weighted by Gasteiger charge is -2.20. The van der Waals surface area contributed by atoms with Gasteiger partial charge in [0.25, 0.3) is 0 Å². The van der Waals surface area contributed by atoms with Crippen LogP contribution in [0.3, 0.4) is 0 Å². The molecule has 3 rings (SSSR count). The molecule has 0 bridgehead atoms. The van der Waals surface area contributed by atoms with Gasteiger partial charge in [0.15, 0.2) is 17.3 Å². The fourth-order valence-electron chi connectivity index (χ4n) is 1.96. The molecule has 0 amide bonds. The van der Waals surface area contributed by atoms with Crippen LogP contribution in [0.25, 0.3) is 0 Å². The third kappa shape index (κ3) is 2.68. The number of hydrogen-bond acceptors (Lipinski definition) is 6. The van der Waals surface area contributed by atoms with Crippen molar-refractivity contribution < 1.29 is 14.0 Å². The molecule has 0 radical (unpaired) electrons. The van der Waals surface area contributed by atoms with E-state index in [-0.39, 0.29) is 6.04 Å². The van der Waals surface area contributed by atoms with Gasteiger partial charge in [0, 0.05) is 6.04 Å². The summed E-state index contributed by atoms with van der Waals surface area (Å²) in [5, 5.41) is 7.09. The number of rotatable bonds is 4. The molecule has 2 heterocycles. The molecule has 1 aromatic carbocycles. The van der Waals surface area contributed by atoms with E-state index >= 15 is 0 Å². The largest absolute Gasteiger partial charge is 0.486 e. The molecule has 1 aliphatic heterocycles. The normalized spacial score (nSPS) is 15.2. The molecule has 19 heavy (non-hydrogen) atoms. The van der Waals surface area contributed by atoms with Gasteiger partial charge in [-0.2, -0.15) is 4.98 Å². The average Bonchev–Trinajstić information content (AvgIpc) is 2.97. The molecule has 0 spiro atoms. The second-order valence-electron chi connectivity index (χ2n) is 4.35. The Morgan fingerprint density at radius 2 is 2.11 bits per heavy atom. The van der Waals surface area contributed by atoms with Crippen LogP contribution >= 0.6 is 0 Å². The van der Waals surface area contributed by atoms with Gasteiger partial charge in [-0.3, -0.25) is 0 Å². The first-order chi connectivity index (χ1) is 9.33. The molecule has 2 aromatic rings. The molecule has 1 aromatic heterocycles. The first-order valence-corrected chi connectivity index (χ1v) is 6.21. The molecule has 0 fully saturated rings. The number of benzene rings is 1. The predicted octanol–water partition coefficient (Wildman–Crippen LogP) is 1.69. The number of fused-ring (bicyclic) bond motifs is 1. The number of ether oxygens (including phenoxy) is 2. The van der Waals surface area contributed by atoms with Crippen molar-refractivity contribution in [1.82, 2.24) is 15.5 Å². The SMILES string of the molecule is CC(NCc1ncon1)c1ccc2c(c1)OCCO2. The Kier molecular flexibility index (Phi) is 3.33. The molecule has 1 aliphatic rings. The van der Waals surface area contributed by atoms with Crippen molar-refractivity contribution in [2.45, 2.75) is 19.5 Å². The highest BCUT2D eigenvalue weighted by Crippen LogP contribution is 2.32. The summed E-state index contributed by atoms with van der Waals surface area (Å²) in [6.45, 7) is 3.84. The van der Waals surface area contributed by atoms with E-state index < -0.39 is 0 Å². The minimum Gasteiger partial charge on any atom is -0.486 e. The summed E-state index contributed by atoms with van der Waals surface area (Å²) in [7, 11) is 0. The zero-order chi connectivity index (χ0) is 13.1. The van der Waals surface area contributed by atoms with Crippen molar-refractivity contribution in [1.29, 1.82) is 0 Å². The highest BCUT2D eigenvalue weighted by molar-refractivity contribution is 5.44. The molecular formula is C13H15N3O3. The standard InChI is InChI=1S/C13H15N3O3/c1-9(14-7-13-15-8-19-16-13)10-2-3-11-12(6-10)18-5-4-17-11/h2-3,6,8-9,14H,4-5,7H2,1H3. The van der Waals surface area contributed by atoms with Gasteiger partial charge >= 0.3 is 0 Å². The van der Waals surface area contributed by atoms with Crippen LogP contribution in [0.15, 0.2) is 29.1 Å². The number of nitrogens with zero attached hydrogens (tertiary/aromatic N) is 2. The molecule has 1 N–H and O–H groups in total. The zero-order valence-corrected chi connectivity index (χ0v) is 10.6. The van der Waals surface area contributed by atoms with Crippen LogP contribution in [-0.4, -0.2) is 23.4 Å². The summed E-state index contributed by atoms with van der Waals surface area (Å²) >= 11 is 0. The molecule has 6 nitrogen and oxygen atoms in total. The van der Waals surface area contributed by atoms with Crippen molar-refractivity contribution >= 4 is 0 Å². The molecular weight excluding hydrogens is 246 g/mol. The van der Waals surface area contributed by atoms with Crippen LogP contribution in [0.4, 0.5) is 0 Å². The van der Waals surface area contributed by atoms with E-state index in [0.29, 0.717) is 25.6 Å². The minimum atomic E-state index is 0.161. The van der Waals surface area contributed by atoms with Gasteiger partial charge in [0.05, 0.1) is 6.54 Å². The average molecular weight is 261 g/mol. The van der Waals surface area contributed by atoms with Crippen LogP contribution in [-0.2, 0) is 6.54 Å². The van der Waals surface area contributed by atoms with Crippen molar-refractivity contribution in [3.05, 3.63) is 36.0 Å². The van der Waals surface area contributed by atoms with Gasteiger partial charge < -0.3 is 19.3 Å². The Bertz CT molecular complexity index is 542. The third-order valence-corrected chi connectivity index (χ3v) is 3.04. The lowest BCUT2D eigenvalue weighted by Crippen LogP contribution is -2.20. The molecule has 0 aliphatic carbocycles. The van der Waals surface area contributed by atoms with Gasteiger partial charge in [-0.25, -0.2) is 0 Å². The first kappa shape index (κ1) is 12.0. The van der Waals surface area contributed by atoms with E-state index in [1.54, 1.807) is 0 Å². The number of aromatic nitrogens is 2. The molecule has 0 saturated carbocycles. The predicted molar refractivity (Wildman–Crippen MR) is 67.0 cm³/mol. The van der Waals surface area contributed by atoms with Gasteiger partial charge in [0.1, 0.15) is 13.2 Å². The van der Waals surface area contributed by atoms with Crippen molar-refractivity contribution in [3.8, 4) is 11.5 Å². The Hall–Kier alpha value is -2.08. The van der Waals surface area contributed by atoms with Gasteiger partial charge in [-0.05, 0) is 24.6 Å². The number of nitrogens with one attached hydrogen (secondary N) is 1. The zero-order valence-electron chi connectivity index (χ0n) is 10.6. The van der Waals surface area contributed by atoms with Crippen LogP contribution in [0.1, 0.15) is 24.4 Å². The first-order valence-electron chi connectivity index (χ1n) is 6.21. The van der Waals surface area contributed by atoms with Crippen LogP contribution in [0, 0.1) is 0 Å². The molecule has 100 valence electrons. The van der Waals surface area contributed by atoms with Gasteiger partial charge in [0.2, 0.25) is 6.39 Å². The van der Waals surface area contributed by atoms with Crippen LogP contribution < -0.4 is 14.8 Å². The van der Waals surface area contributed by atoms with E-state index in [1.165, 1.54) is 6.39 Å². The molecule has 1 unspecified atom stereocenters. The van der Waals surface area contributed by atoms with E-state index in [0.717, 1.165) is 17.1 Å². The second kappa shape index (κ2) is 5.27. The van der Waals surface area contributed by atoms with Crippen LogP contribution in [0.2, 0.25) is 0 Å². The highest BCUT2D eigenvalue weighted by Gasteiger charge is 2.14. The minimum absolute atomic E-state index is 0.161. The third-order valence-electron chi connectivity index (χ3n) is 3.04. The maximum absolute atomic E-state index is 5.57. The van der Waals surface area contributed by atoms with E-state index in [4.69, 9.17) is 9.47 Å². The Balaban J connectivity index is 1.67. The monoisotopic (exact) mass is 261 g/mol. The summed E-state index contributed by atoms with van der Waals surface area (Å²) in [5.74, 6) is 2.25. The summed E-state index contributed by atoms with van der Waals surface area (Å²) in [6, 6.07) is 6.13. The quantitative estimate of drug-likeness (QED) is 0.903. The Labute approximate surface area is 110 Å². The fourth-order valence-corrected chi connectivity index (χ4v) is 1.96. The van der Waals surface area contributed by atoms with Crippen LogP contribution in [0.5, 0.6) is 11.5 Å². The Morgan fingerprint density at radius 1 is 1.26 bits per heavy atom. The van der Waals surface area contributed by atoms with Crippen molar-refractivity contribution in [3.63, 3.8) is 0 Å². The smallest absolute Gasteiger partial charge is 0.213 e.